The first-order chi connectivity index (χ1) is 11.7. The van der Waals surface area contributed by atoms with Crippen LogP contribution in [0, 0.1) is 17.8 Å². The summed E-state index contributed by atoms with van der Waals surface area (Å²) in [6.07, 6.45) is 4.13. The highest BCUT2D eigenvalue weighted by molar-refractivity contribution is 5.85. The van der Waals surface area contributed by atoms with E-state index in [0.29, 0.717) is 17.7 Å². The lowest BCUT2D eigenvalue weighted by atomic mass is 9.87. The van der Waals surface area contributed by atoms with E-state index in [2.05, 4.69) is 40.0 Å². The van der Waals surface area contributed by atoms with Crippen LogP contribution in [0.2, 0.25) is 0 Å². The zero-order valence-corrected chi connectivity index (χ0v) is 17.4. The first-order valence-electron chi connectivity index (χ1n) is 9.34. The third-order valence-electron chi connectivity index (χ3n) is 5.67. The maximum absolute atomic E-state index is 12.7. The average molecular weight is 403 g/mol. The number of nitrogens with one attached hydrogen (secondary N) is 1. The zero-order valence-electron chi connectivity index (χ0n) is 15.8. The molecule has 0 saturated carbocycles. The van der Waals surface area contributed by atoms with E-state index in [4.69, 9.17) is 0 Å². The summed E-state index contributed by atoms with van der Waals surface area (Å²) in [7, 11) is 0. The van der Waals surface area contributed by atoms with Crippen LogP contribution >= 0.6 is 24.8 Å². The van der Waals surface area contributed by atoms with E-state index < -0.39 is 0 Å². The summed E-state index contributed by atoms with van der Waals surface area (Å²) in [5.41, 5.74) is 0. The number of pyridine rings is 1. The third-order valence-corrected chi connectivity index (χ3v) is 5.67. The number of amides is 1. The van der Waals surface area contributed by atoms with Gasteiger partial charge in [0.05, 0.1) is 0 Å². The Balaban J connectivity index is 0.00000169. The number of piperidine rings is 1. The lowest BCUT2D eigenvalue weighted by Gasteiger charge is -2.38. The van der Waals surface area contributed by atoms with Crippen molar-refractivity contribution in [2.75, 3.05) is 44.2 Å². The second-order valence-corrected chi connectivity index (χ2v) is 7.20. The lowest BCUT2D eigenvalue weighted by molar-refractivity contribution is -0.138. The molecule has 1 amide bonds. The van der Waals surface area contributed by atoms with Gasteiger partial charge in [0, 0.05) is 38.3 Å². The first kappa shape index (κ1) is 23.0. The van der Waals surface area contributed by atoms with Crippen molar-refractivity contribution in [3.8, 4) is 0 Å². The van der Waals surface area contributed by atoms with Crippen LogP contribution in [0.4, 0.5) is 5.82 Å². The van der Waals surface area contributed by atoms with Gasteiger partial charge in [0.15, 0.2) is 0 Å². The molecule has 26 heavy (non-hydrogen) atoms. The van der Waals surface area contributed by atoms with Gasteiger partial charge in [-0.1, -0.05) is 13.0 Å². The molecular formula is C19H32Cl2N4O. The Morgan fingerprint density at radius 3 is 2.50 bits per heavy atom. The fourth-order valence-corrected chi connectivity index (χ4v) is 3.73. The van der Waals surface area contributed by atoms with Gasteiger partial charge < -0.3 is 15.1 Å². The molecule has 0 spiro atoms. The molecule has 1 unspecified atom stereocenters. The Hall–Kier alpha value is -1.04. The van der Waals surface area contributed by atoms with Gasteiger partial charge in [-0.05, 0) is 56.8 Å². The number of halogens is 2. The minimum absolute atomic E-state index is 0. The van der Waals surface area contributed by atoms with E-state index in [1.165, 1.54) is 0 Å². The molecule has 3 heterocycles. The van der Waals surface area contributed by atoms with Crippen LogP contribution in [0.15, 0.2) is 24.4 Å². The minimum atomic E-state index is 0. The number of hydrogen-bond donors (Lipinski definition) is 1. The van der Waals surface area contributed by atoms with E-state index in [1.807, 2.05) is 18.3 Å². The van der Waals surface area contributed by atoms with E-state index in [1.54, 1.807) is 0 Å². The molecule has 2 fully saturated rings. The summed E-state index contributed by atoms with van der Waals surface area (Å²) in [6.45, 7) is 10.00. The monoisotopic (exact) mass is 402 g/mol. The van der Waals surface area contributed by atoms with Crippen molar-refractivity contribution >= 4 is 36.5 Å². The van der Waals surface area contributed by atoms with Gasteiger partial charge in [-0.3, -0.25) is 4.79 Å². The molecule has 1 aromatic heterocycles. The molecular weight excluding hydrogens is 371 g/mol. The molecule has 0 bridgehead atoms. The molecule has 1 aromatic rings. The quantitative estimate of drug-likeness (QED) is 0.794. The summed E-state index contributed by atoms with van der Waals surface area (Å²) in [4.78, 5) is 21.6. The van der Waals surface area contributed by atoms with E-state index >= 15 is 0 Å². The van der Waals surface area contributed by atoms with E-state index in [9.17, 15) is 4.79 Å². The summed E-state index contributed by atoms with van der Waals surface area (Å²) in [5.74, 6) is 2.71. The van der Waals surface area contributed by atoms with Gasteiger partial charge in [-0.2, -0.15) is 0 Å². The van der Waals surface area contributed by atoms with Crippen LogP contribution in [-0.4, -0.2) is 55.1 Å². The molecule has 2 aliphatic heterocycles. The number of aromatic nitrogens is 1. The van der Waals surface area contributed by atoms with Crippen molar-refractivity contribution < 1.29 is 4.79 Å². The van der Waals surface area contributed by atoms with Crippen LogP contribution in [0.3, 0.4) is 0 Å². The first-order valence-corrected chi connectivity index (χ1v) is 9.34. The van der Waals surface area contributed by atoms with Gasteiger partial charge in [0.25, 0.3) is 0 Å². The van der Waals surface area contributed by atoms with E-state index in [-0.39, 0.29) is 30.7 Å². The molecule has 2 aliphatic rings. The highest BCUT2D eigenvalue weighted by atomic mass is 35.5. The maximum Gasteiger partial charge on any atom is 0.225 e. The van der Waals surface area contributed by atoms with Crippen LogP contribution in [-0.2, 0) is 4.79 Å². The minimum Gasteiger partial charge on any atom is -0.357 e. The van der Waals surface area contributed by atoms with Crippen molar-refractivity contribution in [3.63, 3.8) is 0 Å². The van der Waals surface area contributed by atoms with Gasteiger partial charge in [0.1, 0.15) is 5.82 Å². The SMILES string of the molecule is CCN(CC1CCN(c2ccccn2)CC1)C(=O)C(C)C1CNC1.Cl.Cl. The number of anilines is 1. The second-order valence-electron chi connectivity index (χ2n) is 7.20. The standard InChI is InChI=1S/C19H30N4O.2ClH/c1-3-22(19(24)15(2)17-12-20-13-17)14-16-7-10-23(11-8-16)18-6-4-5-9-21-18;;/h4-6,9,15-17,20H,3,7-8,10-14H2,1-2H3;2*1H. The second kappa shape index (κ2) is 11.0. The van der Waals surface area contributed by atoms with Crippen molar-refractivity contribution in [3.05, 3.63) is 24.4 Å². The smallest absolute Gasteiger partial charge is 0.225 e. The summed E-state index contributed by atoms with van der Waals surface area (Å²) in [5, 5.41) is 3.27. The fourth-order valence-electron chi connectivity index (χ4n) is 3.73. The van der Waals surface area contributed by atoms with Crippen LogP contribution in [0.1, 0.15) is 26.7 Å². The molecule has 2 saturated heterocycles. The molecule has 0 aromatic carbocycles. The van der Waals surface area contributed by atoms with Crippen molar-refractivity contribution in [2.45, 2.75) is 26.7 Å². The van der Waals surface area contributed by atoms with Crippen LogP contribution in [0.5, 0.6) is 0 Å². The number of nitrogens with zero attached hydrogens (tertiary/aromatic N) is 3. The highest BCUT2D eigenvalue weighted by Gasteiger charge is 2.32. The number of carbonyl (C=O) groups is 1. The Kier molecular flexibility index (Phi) is 9.69. The van der Waals surface area contributed by atoms with E-state index in [0.717, 1.165) is 57.9 Å². The van der Waals surface area contributed by atoms with Gasteiger partial charge in [-0.15, -0.1) is 24.8 Å². The Labute approximate surface area is 169 Å². The normalized spacial score (nSPS) is 18.9. The number of carbonyl (C=O) groups excluding carboxylic acids is 1. The molecule has 148 valence electrons. The average Bonchev–Trinajstić information content (AvgIpc) is 2.59. The molecule has 1 N–H and O–H groups in total. The van der Waals surface area contributed by atoms with Gasteiger partial charge in [0.2, 0.25) is 5.91 Å². The largest absolute Gasteiger partial charge is 0.357 e. The predicted molar refractivity (Wildman–Crippen MR) is 111 cm³/mol. The fraction of sp³-hybridized carbons (Fsp3) is 0.684. The number of rotatable bonds is 6. The van der Waals surface area contributed by atoms with Crippen molar-refractivity contribution in [1.82, 2.24) is 15.2 Å². The van der Waals surface area contributed by atoms with Crippen molar-refractivity contribution in [1.29, 1.82) is 0 Å². The van der Waals surface area contributed by atoms with Crippen molar-refractivity contribution in [2.24, 2.45) is 17.8 Å². The van der Waals surface area contributed by atoms with Gasteiger partial charge in [-0.25, -0.2) is 4.98 Å². The molecule has 1 atom stereocenters. The Morgan fingerprint density at radius 2 is 2.00 bits per heavy atom. The summed E-state index contributed by atoms with van der Waals surface area (Å²) in [6, 6.07) is 6.08. The Bertz CT molecular complexity index is 534. The molecule has 5 nitrogen and oxygen atoms in total. The Morgan fingerprint density at radius 1 is 1.31 bits per heavy atom. The van der Waals surface area contributed by atoms with Gasteiger partial charge >= 0.3 is 0 Å². The number of hydrogen-bond acceptors (Lipinski definition) is 4. The van der Waals surface area contributed by atoms with Crippen LogP contribution in [0.25, 0.3) is 0 Å². The molecule has 0 radical (unpaired) electrons. The zero-order chi connectivity index (χ0) is 16.9. The third kappa shape index (κ3) is 5.48. The lowest BCUT2D eigenvalue weighted by Crippen LogP contribution is -2.51. The highest BCUT2D eigenvalue weighted by Crippen LogP contribution is 2.24. The molecule has 0 aliphatic carbocycles. The molecule has 7 heteroatoms. The maximum atomic E-state index is 12.7. The van der Waals surface area contributed by atoms with Crippen LogP contribution < -0.4 is 10.2 Å². The summed E-state index contributed by atoms with van der Waals surface area (Å²) >= 11 is 0. The molecule has 3 rings (SSSR count). The predicted octanol–water partition coefficient (Wildman–Crippen LogP) is 2.85. The topological polar surface area (TPSA) is 48.5 Å². The summed E-state index contributed by atoms with van der Waals surface area (Å²) < 4.78 is 0.